The molecule has 1 nitrogen and oxygen atoms in total. The highest BCUT2D eigenvalue weighted by atomic mass is 35.5. The van der Waals surface area contributed by atoms with Gasteiger partial charge in [-0.1, -0.05) is 37.0 Å². The van der Waals surface area contributed by atoms with E-state index in [1.54, 1.807) is 0 Å². The topological polar surface area (TPSA) is 12.0 Å². The Morgan fingerprint density at radius 3 is 2.71 bits per heavy atom. The van der Waals surface area contributed by atoms with Crippen LogP contribution in [0.25, 0.3) is 0 Å². The lowest BCUT2D eigenvalue weighted by Crippen LogP contribution is -2.16. The molecule has 1 N–H and O–H groups in total. The summed E-state index contributed by atoms with van der Waals surface area (Å²) in [6.07, 6.45) is 3.38. The molecular weight excluding hydrogens is 253 g/mol. The van der Waals surface area contributed by atoms with Crippen LogP contribution in [0, 0.1) is 5.92 Å². The summed E-state index contributed by atoms with van der Waals surface area (Å²) in [4.78, 5) is 0. The van der Waals surface area contributed by atoms with E-state index < -0.39 is 0 Å². The smallest absolute Gasteiger partial charge is 0.0439 e. The molecule has 0 saturated carbocycles. The van der Waals surface area contributed by atoms with Gasteiger partial charge in [0.15, 0.2) is 0 Å². The zero-order valence-electron chi connectivity index (χ0n) is 10.6. The Morgan fingerprint density at radius 2 is 2.00 bits per heavy atom. The van der Waals surface area contributed by atoms with Crippen molar-refractivity contribution in [3.63, 3.8) is 0 Å². The van der Waals surface area contributed by atoms with E-state index in [1.807, 2.05) is 18.2 Å². The molecule has 1 atom stereocenters. The van der Waals surface area contributed by atoms with Crippen LogP contribution < -0.4 is 5.32 Å². The van der Waals surface area contributed by atoms with E-state index in [-0.39, 0.29) is 0 Å². The van der Waals surface area contributed by atoms with Gasteiger partial charge in [-0.15, -0.1) is 0 Å². The van der Waals surface area contributed by atoms with Crippen LogP contribution in [-0.4, -0.2) is 13.1 Å². The van der Waals surface area contributed by atoms with Crippen molar-refractivity contribution in [3.05, 3.63) is 33.8 Å². The summed E-state index contributed by atoms with van der Waals surface area (Å²) >= 11 is 12.1. The molecule has 3 heteroatoms. The first-order chi connectivity index (χ1) is 8.13. The summed E-state index contributed by atoms with van der Waals surface area (Å²) in [5.74, 6) is 0.712. The monoisotopic (exact) mass is 273 g/mol. The van der Waals surface area contributed by atoms with Crippen LogP contribution in [0.5, 0.6) is 0 Å². The van der Waals surface area contributed by atoms with Gasteiger partial charge in [0.05, 0.1) is 0 Å². The van der Waals surface area contributed by atoms with Crippen molar-refractivity contribution in [3.8, 4) is 0 Å². The zero-order valence-corrected chi connectivity index (χ0v) is 12.1. The number of nitrogens with one attached hydrogen (secondary N) is 1. The van der Waals surface area contributed by atoms with Gasteiger partial charge in [-0.3, -0.25) is 0 Å². The van der Waals surface area contributed by atoms with Crippen molar-refractivity contribution in [2.75, 3.05) is 13.1 Å². The molecule has 0 bridgehead atoms. The third-order valence-electron chi connectivity index (χ3n) is 2.98. The molecule has 17 heavy (non-hydrogen) atoms. The maximum atomic E-state index is 6.14. The minimum absolute atomic E-state index is 0.712. The standard InChI is InChI=1S/C14H21Cl2N/c1-3-17-9-8-11(2)4-5-12-10-13(15)6-7-14(12)16/h6-7,10-11,17H,3-5,8-9H2,1-2H3. The fourth-order valence-corrected chi connectivity index (χ4v) is 2.21. The Morgan fingerprint density at radius 1 is 1.24 bits per heavy atom. The molecule has 1 aromatic carbocycles. The molecule has 1 rings (SSSR count). The van der Waals surface area contributed by atoms with Gasteiger partial charge in [-0.25, -0.2) is 0 Å². The summed E-state index contributed by atoms with van der Waals surface area (Å²) in [5.41, 5.74) is 1.16. The van der Waals surface area contributed by atoms with E-state index in [1.165, 1.54) is 6.42 Å². The lowest BCUT2D eigenvalue weighted by Gasteiger charge is -2.12. The highest BCUT2D eigenvalue weighted by Gasteiger charge is 2.05. The van der Waals surface area contributed by atoms with Crippen LogP contribution in [0.15, 0.2) is 18.2 Å². The molecule has 0 heterocycles. The largest absolute Gasteiger partial charge is 0.317 e. The average molecular weight is 274 g/mol. The molecule has 0 fully saturated rings. The summed E-state index contributed by atoms with van der Waals surface area (Å²) in [7, 11) is 0. The number of aryl methyl sites for hydroxylation is 1. The quantitative estimate of drug-likeness (QED) is 0.718. The summed E-state index contributed by atoms with van der Waals surface area (Å²) in [5, 5.41) is 4.95. The second kappa shape index (κ2) is 7.97. The van der Waals surface area contributed by atoms with Crippen LogP contribution >= 0.6 is 23.2 Å². The van der Waals surface area contributed by atoms with Gasteiger partial charge in [0.2, 0.25) is 0 Å². The Balaban J connectivity index is 2.36. The fourth-order valence-electron chi connectivity index (χ4n) is 1.81. The Hall–Kier alpha value is -0.240. The highest BCUT2D eigenvalue weighted by molar-refractivity contribution is 6.33. The third kappa shape index (κ3) is 5.76. The van der Waals surface area contributed by atoms with E-state index in [2.05, 4.69) is 19.2 Å². The van der Waals surface area contributed by atoms with Gasteiger partial charge in [0.25, 0.3) is 0 Å². The second-order valence-electron chi connectivity index (χ2n) is 4.52. The van der Waals surface area contributed by atoms with Crippen molar-refractivity contribution in [2.24, 2.45) is 5.92 Å². The lowest BCUT2D eigenvalue weighted by atomic mass is 9.98. The molecule has 0 aromatic heterocycles. The van der Waals surface area contributed by atoms with Crippen LogP contribution in [0.3, 0.4) is 0 Å². The first-order valence-electron chi connectivity index (χ1n) is 6.28. The van der Waals surface area contributed by atoms with E-state index in [0.717, 1.165) is 41.5 Å². The first kappa shape index (κ1) is 14.8. The van der Waals surface area contributed by atoms with Crippen molar-refractivity contribution < 1.29 is 0 Å². The summed E-state index contributed by atoms with van der Waals surface area (Å²) in [6, 6.07) is 5.69. The van der Waals surface area contributed by atoms with Gasteiger partial charge in [-0.05, 0) is 62.0 Å². The zero-order chi connectivity index (χ0) is 12.7. The Kier molecular flexibility index (Phi) is 6.94. The maximum Gasteiger partial charge on any atom is 0.0439 e. The molecule has 0 aliphatic carbocycles. The molecular formula is C14H21Cl2N. The third-order valence-corrected chi connectivity index (χ3v) is 3.58. The predicted molar refractivity (Wildman–Crippen MR) is 77.1 cm³/mol. The number of benzene rings is 1. The normalized spacial score (nSPS) is 12.7. The predicted octanol–water partition coefficient (Wildman–Crippen LogP) is 4.56. The SMILES string of the molecule is CCNCCC(C)CCc1cc(Cl)ccc1Cl. The number of halogens is 2. The molecule has 0 aliphatic heterocycles. The lowest BCUT2D eigenvalue weighted by molar-refractivity contribution is 0.474. The molecule has 0 aliphatic rings. The van der Waals surface area contributed by atoms with E-state index >= 15 is 0 Å². The molecule has 1 aromatic rings. The van der Waals surface area contributed by atoms with Gasteiger partial charge < -0.3 is 5.32 Å². The van der Waals surface area contributed by atoms with Gasteiger partial charge in [0, 0.05) is 10.0 Å². The second-order valence-corrected chi connectivity index (χ2v) is 5.37. The average Bonchev–Trinajstić information content (AvgIpc) is 2.31. The van der Waals surface area contributed by atoms with Crippen LogP contribution in [-0.2, 0) is 6.42 Å². The van der Waals surface area contributed by atoms with Crippen LogP contribution in [0.4, 0.5) is 0 Å². The maximum absolute atomic E-state index is 6.14. The summed E-state index contributed by atoms with van der Waals surface area (Å²) < 4.78 is 0. The molecule has 0 saturated heterocycles. The molecule has 96 valence electrons. The minimum Gasteiger partial charge on any atom is -0.317 e. The number of hydrogen-bond acceptors (Lipinski definition) is 1. The van der Waals surface area contributed by atoms with E-state index in [9.17, 15) is 0 Å². The molecule has 1 unspecified atom stereocenters. The minimum atomic E-state index is 0.712. The highest BCUT2D eigenvalue weighted by Crippen LogP contribution is 2.23. The van der Waals surface area contributed by atoms with Crippen molar-refractivity contribution in [1.29, 1.82) is 0 Å². The van der Waals surface area contributed by atoms with E-state index in [0.29, 0.717) is 5.92 Å². The van der Waals surface area contributed by atoms with Gasteiger partial charge in [0.1, 0.15) is 0 Å². The van der Waals surface area contributed by atoms with Crippen molar-refractivity contribution >= 4 is 23.2 Å². The number of hydrogen-bond donors (Lipinski definition) is 1. The van der Waals surface area contributed by atoms with Gasteiger partial charge >= 0.3 is 0 Å². The molecule has 0 amide bonds. The van der Waals surface area contributed by atoms with Gasteiger partial charge in [-0.2, -0.15) is 0 Å². The van der Waals surface area contributed by atoms with Crippen LogP contribution in [0.1, 0.15) is 32.3 Å². The van der Waals surface area contributed by atoms with Crippen molar-refractivity contribution in [1.82, 2.24) is 5.32 Å². The van der Waals surface area contributed by atoms with E-state index in [4.69, 9.17) is 23.2 Å². The fraction of sp³-hybridized carbons (Fsp3) is 0.571. The Labute approximate surface area is 115 Å². The summed E-state index contributed by atoms with van der Waals surface area (Å²) in [6.45, 7) is 6.57. The van der Waals surface area contributed by atoms with Crippen molar-refractivity contribution in [2.45, 2.75) is 33.1 Å². The Bertz CT molecular complexity index is 339. The number of rotatable bonds is 7. The van der Waals surface area contributed by atoms with Crippen LogP contribution in [0.2, 0.25) is 10.0 Å². The first-order valence-corrected chi connectivity index (χ1v) is 7.03. The molecule has 0 spiro atoms. The molecule has 0 radical (unpaired) electrons.